The van der Waals surface area contributed by atoms with E-state index >= 15 is 0 Å². The summed E-state index contributed by atoms with van der Waals surface area (Å²) in [5, 5.41) is 30.4. The van der Waals surface area contributed by atoms with Crippen molar-refractivity contribution in [2.45, 2.75) is 38.7 Å². The van der Waals surface area contributed by atoms with Crippen LogP contribution in [0.15, 0.2) is 18.2 Å². The second-order valence-electron chi connectivity index (χ2n) is 3.70. The summed E-state index contributed by atoms with van der Waals surface area (Å²) >= 11 is 0. The topological polar surface area (TPSA) is 60.4 Å². The average molecular weight is 209 g/mol. The Morgan fingerprint density at radius 3 is 2.67 bits per heavy atom. The molecule has 1 unspecified atom stereocenters. The molecule has 1 aromatic rings. The minimum atomic E-state index is -0.941. The van der Waals surface area contributed by atoms with E-state index in [1.54, 1.807) is 12.1 Å². The second kappa shape index (κ2) is 5.61. The Hall–Kier alpha value is -1.22. The maximum Gasteiger partial charge on any atom is 0.163 e. The molecular weight excluding hydrogens is 192 g/mol. The van der Waals surface area contributed by atoms with Gasteiger partial charge in [0.25, 0.3) is 0 Å². The molecule has 0 aliphatic carbocycles. The normalized spacial score (nSPS) is 12.7. The molecule has 0 saturated heterocycles. The number of unbranched alkanes of at least 4 members (excludes halogenated alkanes) is 2. The molecule has 1 atom stereocenters. The van der Waals surface area contributed by atoms with Crippen LogP contribution in [0.25, 0.3) is 0 Å². The summed E-state index contributed by atoms with van der Waals surface area (Å²) < 4.78 is 0. The van der Waals surface area contributed by atoms with Gasteiger partial charge >= 0.3 is 0 Å². The van der Waals surface area contributed by atoms with Gasteiger partial charge < -0.3 is 10.2 Å². The van der Waals surface area contributed by atoms with Crippen molar-refractivity contribution in [2.24, 2.45) is 0 Å². The lowest BCUT2D eigenvalue weighted by molar-refractivity contribution is 0.0762. The Morgan fingerprint density at radius 2 is 2.00 bits per heavy atom. The predicted molar refractivity (Wildman–Crippen MR) is 57.3 cm³/mol. The van der Waals surface area contributed by atoms with E-state index < -0.39 is 6.10 Å². The van der Waals surface area contributed by atoms with Gasteiger partial charge in [-0.3, -0.25) is 0 Å². The SMILES string of the molecule is CCCCCC([O])c1cccc(O)c1O. The van der Waals surface area contributed by atoms with Crippen molar-refractivity contribution < 1.29 is 15.3 Å². The van der Waals surface area contributed by atoms with Crippen LogP contribution in [0.1, 0.15) is 44.3 Å². The summed E-state index contributed by atoms with van der Waals surface area (Å²) in [4.78, 5) is 0. The van der Waals surface area contributed by atoms with Crippen LogP contribution in [-0.4, -0.2) is 10.2 Å². The van der Waals surface area contributed by atoms with Gasteiger partial charge in [-0.1, -0.05) is 38.3 Å². The maximum absolute atomic E-state index is 11.7. The quantitative estimate of drug-likeness (QED) is 0.578. The van der Waals surface area contributed by atoms with E-state index in [1.807, 2.05) is 0 Å². The Morgan fingerprint density at radius 1 is 1.27 bits per heavy atom. The van der Waals surface area contributed by atoms with Crippen LogP contribution < -0.4 is 0 Å². The Labute approximate surface area is 90.0 Å². The number of para-hydroxylation sites is 1. The zero-order valence-corrected chi connectivity index (χ0v) is 8.94. The molecule has 15 heavy (non-hydrogen) atoms. The third-order valence-electron chi connectivity index (χ3n) is 2.46. The monoisotopic (exact) mass is 209 g/mol. The number of rotatable bonds is 5. The molecule has 1 rings (SSSR count). The molecule has 0 spiro atoms. The number of hydrogen-bond acceptors (Lipinski definition) is 2. The number of phenolic OH excluding ortho intramolecular Hbond substituents is 2. The van der Waals surface area contributed by atoms with Crippen molar-refractivity contribution in [2.75, 3.05) is 0 Å². The van der Waals surface area contributed by atoms with Gasteiger partial charge in [-0.2, -0.15) is 0 Å². The molecule has 3 heteroatoms. The van der Waals surface area contributed by atoms with E-state index in [1.165, 1.54) is 6.07 Å². The lowest BCUT2D eigenvalue weighted by Crippen LogP contribution is -1.96. The summed E-state index contributed by atoms with van der Waals surface area (Å²) in [6.07, 6.45) is 2.52. The van der Waals surface area contributed by atoms with Gasteiger partial charge in [0, 0.05) is 5.56 Å². The summed E-state index contributed by atoms with van der Waals surface area (Å²) in [6, 6.07) is 4.52. The van der Waals surface area contributed by atoms with Crippen molar-refractivity contribution in [3.05, 3.63) is 23.8 Å². The lowest BCUT2D eigenvalue weighted by Gasteiger charge is -2.10. The highest BCUT2D eigenvalue weighted by Crippen LogP contribution is 2.34. The van der Waals surface area contributed by atoms with Crippen LogP contribution in [0.4, 0.5) is 0 Å². The molecule has 0 saturated carbocycles. The lowest BCUT2D eigenvalue weighted by atomic mass is 10.0. The van der Waals surface area contributed by atoms with Crippen LogP contribution in [0.5, 0.6) is 11.5 Å². The van der Waals surface area contributed by atoms with Crippen LogP contribution >= 0.6 is 0 Å². The van der Waals surface area contributed by atoms with Crippen LogP contribution in [-0.2, 0) is 5.11 Å². The Bertz CT molecular complexity index is 310. The maximum atomic E-state index is 11.7. The summed E-state index contributed by atoms with van der Waals surface area (Å²) in [5.74, 6) is -0.488. The molecule has 2 N–H and O–H groups in total. The zero-order valence-electron chi connectivity index (χ0n) is 8.94. The van der Waals surface area contributed by atoms with Gasteiger partial charge in [-0.25, -0.2) is 5.11 Å². The van der Waals surface area contributed by atoms with Crippen LogP contribution in [0.2, 0.25) is 0 Å². The number of hydrogen-bond donors (Lipinski definition) is 2. The number of aromatic hydroxyl groups is 2. The first kappa shape index (κ1) is 11.9. The standard InChI is InChI=1S/C12H17O3/c1-2-3-4-7-10(13)9-6-5-8-11(14)12(9)15/h5-6,8,10,14-15H,2-4,7H2,1H3. The summed E-state index contributed by atoms with van der Waals surface area (Å²) in [7, 11) is 0. The molecule has 3 nitrogen and oxygen atoms in total. The minimum absolute atomic E-state index is 0.219. The van der Waals surface area contributed by atoms with E-state index in [-0.39, 0.29) is 11.5 Å². The number of benzene rings is 1. The summed E-state index contributed by atoms with van der Waals surface area (Å²) in [5.41, 5.74) is 0.297. The van der Waals surface area contributed by atoms with Crippen molar-refractivity contribution in [1.82, 2.24) is 0 Å². The molecule has 0 heterocycles. The third-order valence-corrected chi connectivity index (χ3v) is 2.46. The smallest absolute Gasteiger partial charge is 0.163 e. The molecule has 1 aromatic carbocycles. The van der Waals surface area contributed by atoms with Crippen LogP contribution in [0, 0.1) is 0 Å². The average Bonchev–Trinajstić information content (AvgIpc) is 2.22. The molecular formula is C12H17O3. The van der Waals surface area contributed by atoms with Gasteiger partial charge in [-0.05, 0) is 12.5 Å². The Balaban J connectivity index is 2.65. The minimum Gasteiger partial charge on any atom is -0.504 e. The first-order valence-corrected chi connectivity index (χ1v) is 5.33. The fraction of sp³-hybridized carbons (Fsp3) is 0.500. The highest BCUT2D eigenvalue weighted by Gasteiger charge is 2.15. The molecule has 0 aliphatic rings. The third kappa shape index (κ3) is 3.13. The van der Waals surface area contributed by atoms with E-state index in [9.17, 15) is 15.3 Å². The molecule has 0 aliphatic heterocycles. The van der Waals surface area contributed by atoms with Gasteiger partial charge in [0.15, 0.2) is 11.5 Å². The van der Waals surface area contributed by atoms with E-state index in [0.717, 1.165) is 19.3 Å². The fourth-order valence-electron chi connectivity index (χ4n) is 1.54. The molecule has 0 aromatic heterocycles. The second-order valence-corrected chi connectivity index (χ2v) is 3.70. The Kier molecular flexibility index (Phi) is 4.43. The van der Waals surface area contributed by atoms with Crippen molar-refractivity contribution >= 4 is 0 Å². The number of phenols is 2. The fourth-order valence-corrected chi connectivity index (χ4v) is 1.54. The van der Waals surface area contributed by atoms with Crippen molar-refractivity contribution in [3.8, 4) is 11.5 Å². The van der Waals surface area contributed by atoms with Crippen molar-refractivity contribution in [3.63, 3.8) is 0 Å². The molecule has 0 fully saturated rings. The van der Waals surface area contributed by atoms with E-state index in [4.69, 9.17) is 0 Å². The largest absolute Gasteiger partial charge is 0.504 e. The first-order valence-electron chi connectivity index (χ1n) is 5.33. The van der Waals surface area contributed by atoms with E-state index in [0.29, 0.717) is 12.0 Å². The van der Waals surface area contributed by atoms with Gasteiger partial charge in [-0.15, -0.1) is 0 Å². The summed E-state index contributed by atoms with van der Waals surface area (Å²) in [6.45, 7) is 2.08. The molecule has 0 bridgehead atoms. The first-order chi connectivity index (χ1) is 7.16. The zero-order chi connectivity index (χ0) is 11.3. The molecule has 83 valence electrons. The van der Waals surface area contributed by atoms with Gasteiger partial charge in [0.1, 0.15) is 6.10 Å². The van der Waals surface area contributed by atoms with Gasteiger partial charge in [0.2, 0.25) is 0 Å². The molecule has 0 amide bonds. The van der Waals surface area contributed by atoms with Crippen molar-refractivity contribution in [1.29, 1.82) is 0 Å². The van der Waals surface area contributed by atoms with Gasteiger partial charge in [0.05, 0.1) is 0 Å². The van der Waals surface area contributed by atoms with E-state index in [2.05, 4.69) is 6.92 Å². The van der Waals surface area contributed by atoms with Crippen LogP contribution in [0.3, 0.4) is 0 Å². The highest BCUT2D eigenvalue weighted by molar-refractivity contribution is 5.45. The highest BCUT2D eigenvalue weighted by atomic mass is 16.3. The predicted octanol–water partition coefficient (Wildman–Crippen LogP) is 3.15. The molecule has 1 radical (unpaired) electrons.